The average molecular weight is 262 g/mol. The van der Waals surface area contributed by atoms with Gasteiger partial charge in [0.05, 0.1) is 0 Å². The third-order valence-corrected chi connectivity index (χ3v) is 4.07. The monoisotopic (exact) mass is 262 g/mol. The Kier molecular flexibility index (Phi) is 5.37. The molecule has 0 saturated carbocycles. The van der Waals surface area contributed by atoms with Gasteiger partial charge in [-0.1, -0.05) is 29.8 Å². The summed E-state index contributed by atoms with van der Waals surface area (Å²) in [6.07, 6.45) is 2.35. The van der Waals surface area contributed by atoms with Gasteiger partial charge in [-0.15, -0.1) is 0 Å². The number of hydrogen-bond donors (Lipinski definition) is 1. The first-order chi connectivity index (χ1) is 9.20. The molecule has 0 amide bonds. The van der Waals surface area contributed by atoms with Gasteiger partial charge in [-0.05, 0) is 38.3 Å². The fourth-order valence-corrected chi connectivity index (χ4v) is 2.91. The van der Waals surface area contributed by atoms with Crippen molar-refractivity contribution in [1.29, 1.82) is 0 Å². The summed E-state index contributed by atoms with van der Waals surface area (Å²) in [5.41, 5.74) is 8.63. The van der Waals surface area contributed by atoms with Gasteiger partial charge in [-0.2, -0.15) is 0 Å². The van der Waals surface area contributed by atoms with Crippen LogP contribution in [0.4, 0.5) is 0 Å². The number of ether oxygens (including phenoxy) is 1. The molecule has 1 fully saturated rings. The molecule has 1 saturated heterocycles. The van der Waals surface area contributed by atoms with E-state index in [1.807, 2.05) is 0 Å². The Morgan fingerprint density at radius 2 is 2.11 bits per heavy atom. The highest BCUT2D eigenvalue weighted by Gasteiger charge is 2.21. The fraction of sp³-hybridized carbons (Fsp3) is 0.625. The highest BCUT2D eigenvalue weighted by molar-refractivity contribution is 5.25. The number of benzene rings is 1. The molecule has 3 nitrogen and oxygen atoms in total. The van der Waals surface area contributed by atoms with Crippen molar-refractivity contribution in [3.8, 4) is 0 Å². The van der Waals surface area contributed by atoms with E-state index in [4.69, 9.17) is 10.5 Å². The third kappa shape index (κ3) is 4.03. The van der Waals surface area contributed by atoms with E-state index in [0.29, 0.717) is 12.6 Å². The van der Waals surface area contributed by atoms with Gasteiger partial charge in [-0.3, -0.25) is 4.90 Å². The molecule has 1 atom stereocenters. The van der Waals surface area contributed by atoms with E-state index in [9.17, 15) is 0 Å². The lowest BCUT2D eigenvalue weighted by atomic mass is 9.97. The van der Waals surface area contributed by atoms with Gasteiger partial charge < -0.3 is 10.5 Å². The van der Waals surface area contributed by atoms with Crippen molar-refractivity contribution in [2.45, 2.75) is 25.8 Å². The summed E-state index contributed by atoms with van der Waals surface area (Å²) < 4.78 is 5.43. The SMILES string of the molecule is Cc1cccc(C(CN)N(C)CC2CCOCC2)c1. The standard InChI is InChI=1S/C16H26N2O/c1-13-4-3-5-15(10-13)16(11-17)18(2)12-14-6-8-19-9-7-14/h3-5,10,14,16H,6-9,11-12,17H2,1-2H3. The van der Waals surface area contributed by atoms with E-state index in [-0.39, 0.29) is 0 Å². The van der Waals surface area contributed by atoms with Gasteiger partial charge in [0, 0.05) is 32.3 Å². The Balaban J connectivity index is 1.99. The van der Waals surface area contributed by atoms with E-state index in [1.54, 1.807) is 0 Å². The van der Waals surface area contributed by atoms with Crippen molar-refractivity contribution in [3.63, 3.8) is 0 Å². The van der Waals surface area contributed by atoms with Crippen LogP contribution < -0.4 is 5.73 Å². The normalized spacial score (nSPS) is 18.7. The minimum atomic E-state index is 0.322. The first-order valence-corrected chi connectivity index (χ1v) is 7.25. The lowest BCUT2D eigenvalue weighted by Crippen LogP contribution is -2.36. The summed E-state index contributed by atoms with van der Waals surface area (Å²) in [7, 11) is 2.19. The minimum Gasteiger partial charge on any atom is -0.381 e. The second-order valence-electron chi connectivity index (χ2n) is 5.66. The number of nitrogens with two attached hydrogens (primary N) is 1. The van der Waals surface area contributed by atoms with Gasteiger partial charge in [-0.25, -0.2) is 0 Å². The summed E-state index contributed by atoms with van der Waals surface area (Å²) in [6, 6.07) is 9.01. The molecule has 3 heteroatoms. The quantitative estimate of drug-likeness (QED) is 0.885. The molecule has 0 spiro atoms. The first-order valence-electron chi connectivity index (χ1n) is 7.25. The smallest absolute Gasteiger partial charge is 0.0469 e. The van der Waals surface area contributed by atoms with Crippen LogP contribution in [0.2, 0.25) is 0 Å². The Morgan fingerprint density at radius 1 is 1.37 bits per heavy atom. The molecule has 0 bridgehead atoms. The largest absolute Gasteiger partial charge is 0.381 e. The molecular formula is C16H26N2O. The van der Waals surface area contributed by atoms with Crippen molar-refractivity contribution >= 4 is 0 Å². The summed E-state index contributed by atoms with van der Waals surface area (Å²) in [5, 5.41) is 0. The summed E-state index contributed by atoms with van der Waals surface area (Å²) >= 11 is 0. The van der Waals surface area contributed by atoms with Crippen molar-refractivity contribution in [3.05, 3.63) is 35.4 Å². The molecule has 2 rings (SSSR count). The van der Waals surface area contributed by atoms with Crippen molar-refractivity contribution in [2.24, 2.45) is 11.7 Å². The molecule has 2 N–H and O–H groups in total. The van der Waals surface area contributed by atoms with Gasteiger partial charge in [0.25, 0.3) is 0 Å². The summed E-state index contributed by atoms with van der Waals surface area (Å²) in [5.74, 6) is 0.748. The van der Waals surface area contributed by atoms with E-state index < -0.39 is 0 Å². The van der Waals surface area contributed by atoms with Gasteiger partial charge >= 0.3 is 0 Å². The van der Waals surface area contributed by atoms with Crippen LogP contribution in [0.15, 0.2) is 24.3 Å². The van der Waals surface area contributed by atoms with Crippen LogP contribution in [0.25, 0.3) is 0 Å². The van der Waals surface area contributed by atoms with E-state index >= 15 is 0 Å². The molecule has 1 aliphatic rings. The summed E-state index contributed by atoms with van der Waals surface area (Å²) in [4.78, 5) is 2.41. The molecule has 0 aromatic heterocycles. The lowest BCUT2D eigenvalue weighted by molar-refractivity contribution is 0.0507. The van der Waals surface area contributed by atoms with Crippen LogP contribution in [0.3, 0.4) is 0 Å². The molecular weight excluding hydrogens is 236 g/mol. The van der Waals surface area contributed by atoms with Crippen LogP contribution in [0.1, 0.15) is 30.0 Å². The first kappa shape index (κ1) is 14.5. The number of hydrogen-bond acceptors (Lipinski definition) is 3. The predicted molar refractivity (Wildman–Crippen MR) is 79.1 cm³/mol. The van der Waals surface area contributed by atoms with Crippen LogP contribution in [0.5, 0.6) is 0 Å². The topological polar surface area (TPSA) is 38.5 Å². The van der Waals surface area contributed by atoms with Crippen LogP contribution in [0, 0.1) is 12.8 Å². The second kappa shape index (κ2) is 7.04. The zero-order valence-electron chi connectivity index (χ0n) is 12.1. The maximum atomic E-state index is 5.99. The Bertz CT molecular complexity index is 388. The fourth-order valence-electron chi connectivity index (χ4n) is 2.91. The van der Waals surface area contributed by atoms with Crippen LogP contribution in [-0.2, 0) is 4.74 Å². The maximum Gasteiger partial charge on any atom is 0.0469 e. The van der Waals surface area contributed by atoms with E-state index in [2.05, 4.69) is 43.1 Å². The predicted octanol–water partition coefficient (Wildman–Crippen LogP) is 2.35. The molecule has 106 valence electrons. The minimum absolute atomic E-state index is 0.322. The zero-order valence-corrected chi connectivity index (χ0v) is 12.1. The summed E-state index contributed by atoms with van der Waals surface area (Å²) in [6.45, 7) is 5.74. The van der Waals surface area contributed by atoms with Crippen molar-refractivity contribution in [2.75, 3.05) is 33.4 Å². The van der Waals surface area contributed by atoms with Gasteiger partial charge in [0.1, 0.15) is 0 Å². The van der Waals surface area contributed by atoms with Crippen LogP contribution >= 0.6 is 0 Å². The van der Waals surface area contributed by atoms with Crippen molar-refractivity contribution in [1.82, 2.24) is 4.90 Å². The highest BCUT2D eigenvalue weighted by atomic mass is 16.5. The maximum absolute atomic E-state index is 5.99. The molecule has 0 radical (unpaired) electrons. The van der Waals surface area contributed by atoms with E-state index in [0.717, 1.165) is 25.7 Å². The van der Waals surface area contributed by atoms with Crippen LogP contribution in [-0.4, -0.2) is 38.3 Å². The molecule has 1 heterocycles. The molecule has 1 aromatic carbocycles. The van der Waals surface area contributed by atoms with Gasteiger partial charge in [0.2, 0.25) is 0 Å². The molecule has 19 heavy (non-hydrogen) atoms. The third-order valence-electron chi connectivity index (χ3n) is 4.07. The number of rotatable bonds is 5. The Morgan fingerprint density at radius 3 is 2.74 bits per heavy atom. The highest BCUT2D eigenvalue weighted by Crippen LogP contribution is 2.23. The molecule has 1 unspecified atom stereocenters. The van der Waals surface area contributed by atoms with Gasteiger partial charge in [0.15, 0.2) is 0 Å². The molecule has 1 aliphatic heterocycles. The number of aryl methyl sites for hydroxylation is 1. The Labute approximate surface area is 116 Å². The van der Waals surface area contributed by atoms with Crippen molar-refractivity contribution < 1.29 is 4.74 Å². The lowest BCUT2D eigenvalue weighted by Gasteiger charge is -2.32. The Hall–Kier alpha value is -0.900. The molecule has 0 aliphatic carbocycles. The average Bonchev–Trinajstić information content (AvgIpc) is 2.41. The molecule has 1 aromatic rings. The number of nitrogens with zero attached hydrogens (tertiary/aromatic N) is 1. The number of likely N-dealkylation sites (N-methyl/N-ethyl adjacent to an activating group) is 1. The van der Waals surface area contributed by atoms with E-state index in [1.165, 1.54) is 24.0 Å². The second-order valence-corrected chi connectivity index (χ2v) is 5.66. The zero-order chi connectivity index (χ0) is 13.7.